The number of nitrogens with one attached hydrogen (secondary N) is 2. The van der Waals surface area contributed by atoms with Crippen LogP contribution in [0.15, 0.2) is 48.5 Å². The SMILES string of the molecule is CNC(=O)C1(Nc2cccc(F)c2)CCN(C(=O)c2ccc(Cl)cc2)CC1. The maximum atomic E-state index is 13.5. The van der Waals surface area contributed by atoms with Crippen molar-refractivity contribution in [1.82, 2.24) is 10.2 Å². The molecule has 0 unspecified atom stereocenters. The molecule has 0 aliphatic carbocycles. The quantitative estimate of drug-likeness (QED) is 0.843. The summed E-state index contributed by atoms with van der Waals surface area (Å²) in [5.41, 5.74) is 0.209. The molecule has 2 aromatic carbocycles. The summed E-state index contributed by atoms with van der Waals surface area (Å²) in [7, 11) is 1.57. The van der Waals surface area contributed by atoms with Crippen molar-refractivity contribution in [3.05, 3.63) is 64.9 Å². The number of hydrogen-bond donors (Lipinski definition) is 2. The minimum absolute atomic E-state index is 0.0945. The third-order valence-electron chi connectivity index (χ3n) is 4.87. The van der Waals surface area contributed by atoms with Gasteiger partial charge in [0, 0.05) is 36.4 Å². The van der Waals surface area contributed by atoms with Crippen molar-refractivity contribution in [2.75, 3.05) is 25.5 Å². The molecule has 1 saturated heterocycles. The van der Waals surface area contributed by atoms with E-state index in [4.69, 9.17) is 11.6 Å². The Labute approximate surface area is 162 Å². The van der Waals surface area contributed by atoms with E-state index >= 15 is 0 Å². The van der Waals surface area contributed by atoms with Crippen LogP contribution in [0.2, 0.25) is 5.02 Å². The largest absolute Gasteiger partial charge is 0.371 e. The Bertz CT molecular complexity index is 833. The van der Waals surface area contributed by atoms with E-state index in [0.717, 1.165) is 0 Å². The van der Waals surface area contributed by atoms with Gasteiger partial charge in [0.1, 0.15) is 11.4 Å². The monoisotopic (exact) mass is 389 g/mol. The highest BCUT2D eigenvalue weighted by Crippen LogP contribution is 2.29. The molecular formula is C20H21ClFN3O2. The summed E-state index contributed by atoms with van der Waals surface area (Å²) in [6.07, 6.45) is 0.838. The molecule has 27 heavy (non-hydrogen) atoms. The molecule has 1 fully saturated rings. The van der Waals surface area contributed by atoms with Gasteiger partial charge in [0.05, 0.1) is 0 Å². The zero-order chi connectivity index (χ0) is 19.4. The van der Waals surface area contributed by atoms with E-state index in [9.17, 15) is 14.0 Å². The molecule has 142 valence electrons. The molecule has 0 spiro atoms. The van der Waals surface area contributed by atoms with Gasteiger partial charge in [-0.2, -0.15) is 0 Å². The molecule has 2 N–H and O–H groups in total. The van der Waals surface area contributed by atoms with Crippen LogP contribution in [0.25, 0.3) is 0 Å². The molecule has 5 nitrogen and oxygen atoms in total. The van der Waals surface area contributed by atoms with Gasteiger partial charge in [0.25, 0.3) is 5.91 Å². The number of nitrogens with zero attached hydrogens (tertiary/aromatic N) is 1. The number of rotatable bonds is 4. The molecule has 1 aliphatic rings. The van der Waals surface area contributed by atoms with E-state index in [0.29, 0.717) is 42.2 Å². The van der Waals surface area contributed by atoms with Crippen LogP contribution < -0.4 is 10.6 Å². The molecule has 2 amide bonds. The van der Waals surface area contributed by atoms with Gasteiger partial charge >= 0.3 is 0 Å². The lowest BCUT2D eigenvalue weighted by atomic mass is 9.85. The lowest BCUT2D eigenvalue weighted by molar-refractivity contribution is -0.126. The molecule has 3 rings (SSSR count). The fourth-order valence-electron chi connectivity index (χ4n) is 3.36. The van der Waals surface area contributed by atoms with Crippen LogP contribution >= 0.6 is 11.6 Å². The summed E-state index contributed by atoms with van der Waals surface area (Å²) in [5.74, 6) is -0.643. The van der Waals surface area contributed by atoms with E-state index in [1.165, 1.54) is 12.1 Å². The molecule has 7 heteroatoms. The summed E-state index contributed by atoms with van der Waals surface area (Å²) in [6, 6.07) is 12.8. The molecule has 0 aromatic heterocycles. The molecule has 2 aromatic rings. The smallest absolute Gasteiger partial charge is 0.253 e. The highest BCUT2D eigenvalue weighted by atomic mass is 35.5. The number of likely N-dealkylation sites (N-methyl/N-ethyl adjacent to an activating group) is 1. The maximum Gasteiger partial charge on any atom is 0.253 e. The number of carbonyl (C=O) groups excluding carboxylic acids is 2. The molecule has 1 heterocycles. The zero-order valence-corrected chi connectivity index (χ0v) is 15.7. The standard InChI is InChI=1S/C20H21ClFN3O2/c1-23-19(27)20(24-17-4-2-3-16(22)13-17)9-11-25(12-10-20)18(26)14-5-7-15(21)8-6-14/h2-8,13,24H,9-12H2,1H3,(H,23,27). The lowest BCUT2D eigenvalue weighted by Crippen LogP contribution is -2.58. The van der Waals surface area contributed by atoms with Crippen LogP contribution in [0, 0.1) is 5.82 Å². The number of halogens is 2. The van der Waals surface area contributed by atoms with Crippen LogP contribution in [0.3, 0.4) is 0 Å². The van der Waals surface area contributed by atoms with Crippen molar-refractivity contribution >= 4 is 29.1 Å². The first-order valence-electron chi connectivity index (χ1n) is 8.74. The van der Waals surface area contributed by atoms with Crippen molar-refractivity contribution in [2.45, 2.75) is 18.4 Å². The second-order valence-corrected chi connectivity index (χ2v) is 7.03. The number of carbonyl (C=O) groups is 2. The Kier molecular flexibility index (Phi) is 5.65. The molecule has 0 bridgehead atoms. The summed E-state index contributed by atoms with van der Waals surface area (Å²) in [5, 5.41) is 6.44. The van der Waals surface area contributed by atoms with Crippen molar-refractivity contribution < 1.29 is 14.0 Å². The Morgan fingerprint density at radius 2 is 1.78 bits per heavy atom. The van der Waals surface area contributed by atoms with Crippen LogP contribution in [-0.2, 0) is 4.79 Å². The molecule has 0 atom stereocenters. The number of hydrogen-bond acceptors (Lipinski definition) is 3. The second-order valence-electron chi connectivity index (χ2n) is 6.60. The molecule has 1 aliphatic heterocycles. The average Bonchev–Trinajstić information content (AvgIpc) is 2.68. The van der Waals surface area contributed by atoms with Crippen LogP contribution in [0.4, 0.5) is 10.1 Å². The summed E-state index contributed by atoms with van der Waals surface area (Å²) in [4.78, 5) is 27.0. The van der Waals surface area contributed by atoms with E-state index < -0.39 is 5.54 Å². The number of likely N-dealkylation sites (tertiary alicyclic amines) is 1. The van der Waals surface area contributed by atoms with Crippen molar-refractivity contribution in [1.29, 1.82) is 0 Å². The van der Waals surface area contributed by atoms with E-state index in [1.807, 2.05) is 0 Å². The van der Waals surface area contributed by atoms with E-state index in [2.05, 4.69) is 10.6 Å². The van der Waals surface area contributed by atoms with Gasteiger partial charge in [-0.15, -0.1) is 0 Å². The first-order valence-corrected chi connectivity index (χ1v) is 9.12. The van der Waals surface area contributed by atoms with Gasteiger partial charge < -0.3 is 15.5 Å². The highest BCUT2D eigenvalue weighted by Gasteiger charge is 2.42. The van der Waals surface area contributed by atoms with E-state index in [1.54, 1.807) is 48.3 Å². The Morgan fingerprint density at radius 1 is 1.11 bits per heavy atom. The number of piperidine rings is 1. The minimum atomic E-state index is -0.890. The maximum absolute atomic E-state index is 13.5. The number of benzene rings is 2. The molecule has 0 saturated carbocycles. The van der Waals surface area contributed by atoms with Gasteiger partial charge in [-0.3, -0.25) is 9.59 Å². The fourth-order valence-corrected chi connectivity index (χ4v) is 3.48. The van der Waals surface area contributed by atoms with Gasteiger partial charge in [0.2, 0.25) is 5.91 Å². The summed E-state index contributed by atoms with van der Waals surface area (Å²) in [6.45, 7) is 0.828. The highest BCUT2D eigenvalue weighted by molar-refractivity contribution is 6.30. The third kappa shape index (κ3) is 4.22. The van der Waals surface area contributed by atoms with Crippen molar-refractivity contribution in [3.8, 4) is 0 Å². The van der Waals surface area contributed by atoms with Gasteiger partial charge in [-0.05, 0) is 55.3 Å². The Morgan fingerprint density at radius 3 is 2.37 bits per heavy atom. The predicted molar refractivity (Wildman–Crippen MR) is 103 cm³/mol. The van der Waals surface area contributed by atoms with Gasteiger partial charge in [-0.25, -0.2) is 4.39 Å². The Hall–Kier alpha value is -2.60. The predicted octanol–water partition coefficient (Wildman–Crippen LogP) is 3.31. The first-order chi connectivity index (χ1) is 12.9. The normalized spacial score (nSPS) is 15.9. The van der Waals surface area contributed by atoms with Crippen molar-refractivity contribution in [3.63, 3.8) is 0 Å². The van der Waals surface area contributed by atoms with Crippen LogP contribution in [-0.4, -0.2) is 42.4 Å². The number of amides is 2. The molecular weight excluding hydrogens is 369 g/mol. The van der Waals surface area contributed by atoms with Crippen molar-refractivity contribution in [2.24, 2.45) is 0 Å². The summed E-state index contributed by atoms with van der Waals surface area (Å²) >= 11 is 5.87. The summed E-state index contributed by atoms with van der Waals surface area (Å²) < 4.78 is 13.5. The topological polar surface area (TPSA) is 61.4 Å². The lowest BCUT2D eigenvalue weighted by Gasteiger charge is -2.41. The van der Waals surface area contributed by atoms with Crippen LogP contribution in [0.1, 0.15) is 23.2 Å². The average molecular weight is 390 g/mol. The fraction of sp³-hybridized carbons (Fsp3) is 0.300. The first kappa shape index (κ1) is 19.2. The van der Waals surface area contributed by atoms with E-state index in [-0.39, 0.29) is 17.6 Å². The second kappa shape index (κ2) is 7.96. The Balaban J connectivity index is 1.74. The van der Waals surface area contributed by atoms with Gasteiger partial charge in [-0.1, -0.05) is 17.7 Å². The zero-order valence-electron chi connectivity index (χ0n) is 15.0. The number of anilines is 1. The minimum Gasteiger partial charge on any atom is -0.371 e. The van der Waals surface area contributed by atoms with Gasteiger partial charge in [0.15, 0.2) is 0 Å². The molecule has 0 radical (unpaired) electrons. The third-order valence-corrected chi connectivity index (χ3v) is 5.12. The van der Waals surface area contributed by atoms with Crippen LogP contribution in [0.5, 0.6) is 0 Å².